The molecular formula is C18H31N5OS. The zero-order chi connectivity index (χ0) is 17.8. The molecule has 0 aliphatic heterocycles. The lowest BCUT2D eigenvalue weighted by atomic mass is 9.86. The predicted octanol–water partition coefficient (Wildman–Crippen LogP) is 3.22. The standard InChI is InChI=1S/C18H31N5OS/c1-12-8-6-7-11-15(12)20-17(24)13(2)25-18-22-21-16(23(18)19)14-9-4-3-5-10-14/h12-15H,3-11,19H2,1-2H3,(H,20,24). The summed E-state index contributed by atoms with van der Waals surface area (Å²) in [7, 11) is 0. The number of nitrogens with zero attached hydrogens (tertiary/aromatic N) is 3. The number of amides is 1. The molecule has 25 heavy (non-hydrogen) atoms. The first-order valence-corrected chi connectivity index (χ1v) is 10.6. The topological polar surface area (TPSA) is 85.8 Å². The molecule has 1 aromatic heterocycles. The first-order valence-electron chi connectivity index (χ1n) is 9.73. The van der Waals surface area contributed by atoms with E-state index < -0.39 is 0 Å². The Morgan fingerprint density at radius 2 is 1.84 bits per heavy atom. The molecule has 6 nitrogen and oxygen atoms in total. The van der Waals surface area contributed by atoms with Gasteiger partial charge in [0.05, 0.1) is 5.25 Å². The Kier molecular flexibility index (Phi) is 6.25. The van der Waals surface area contributed by atoms with Crippen molar-refractivity contribution in [1.29, 1.82) is 0 Å². The predicted molar refractivity (Wildman–Crippen MR) is 101 cm³/mol. The van der Waals surface area contributed by atoms with Gasteiger partial charge in [-0.2, -0.15) is 0 Å². The number of hydrogen-bond acceptors (Lipinski definition) is 5. The minimum absolute atomic E-state index is 0.0750. The normalized spacial score (nSPS) is 26.3. The largest absolute Gasteiger partial charge is 0.352 e. The fourth-order valence-corrected chi connectivity index (χ4v) is 4.84. The molecule has 3 rings (SSSR count). The van der Waals surface area contributed by atoms with Gasteiger partial charge in [-0.05, 0) is 38.5 Å². The quantitative estimate of drug-likeness (QED) is 0.618. The number of aromatic nitrogens is 3. The summed E-state index contributed by atoms with van der Waals surface area (Å²) in [6.45, 7) is 4.15. The average Bonchev–Trinajstić information content (AvgIpc) is 2.98. The minimum atomic E-state index is -0.222. The SMILES string of the molecule is CC(Sc1nnc(C2CCCCC2)n1N)C(=O)NC1CCCCC1C. The maximum atomic E-state index is 12.6. The number of carbonyl (C=O) groups excluding carboxylic acids is 1. The molecule has 2 saturated carbocycles. The molecule has 2 aliphatic rings. The molecule has 0 aromatic carbocycles. The maximum absolute atomic E-state index is 12.6. The van der Waals surface area contributed by atoms with Gasteiger partial charge in [0, 0.05) is 12.0 Å². The average molecular weight is 366 g/mol. The highest BCUT2D eigenvalue weighted by atomic mass is 32.2. The number of carbonyl (C=O) groups is 1. The van der Waals surface area contributed by atoms with Crippen LogP contribution in [0.3, 0.4) is 0 Å². The van der Waals surface area contributed by atoms with Gasteiger partial charge in [0.15, 0.2) is 5.82 Å². The Morgan fingerprint density at radius 1 is 1.16 bits per heavy atom. The highest BCUT2D eigenvalue weighted by Gasteiger charge is 2.27. The molecule has 3 N–H and O–H groups in total. The third kappa shape index (κ3) is 4.49. The van der Waals surface area contributed by atoms with Gasteiger partial charge >= 0.3 is 0 Å². The number of nitrogens with two attached hydrogens (primary N) is 1. The van der Waals surface area contributed by atoms with E-state index in [2.05, 4.69) is 22.4 Å². The van der Waals surface area contributed by atoms with Crippen molar-refractivity contribution in [3.63, 3.8) is 0 Å². The Bertz CT molecular complexity index is 584. The number of thioether (sulfide) groups is 1. The lowest BCUT2D eigenvalue weighted by molar-refractivity contribution is -0.121. The zero-order valence-corrected chi connectivity index (χ0v) is 16.2. The van der Waals surface area contributed by atoms with Crippen LogP contribution in [0.2, 0.25) is 0 Å². The molecule has 7 heteroatoms. The first kappa shape index (κ1) is 18.5. The lowest BCUT2D eigenvalue weighted by Gasteiger charge is -2.30. The van der Waals surface area contributed by atoms with Crippen LogP contribution in [0.25, 0.3) is 0 Å². The van der Waals surface area contributed by atoms with Crippen LogP contribution >= 0.6 is 11.8 Å². The molecule has 1 heterocycles. The van der Waals surface area contributed by atoms with Crippen molar-refractivity contribution < 1.29 is 4.79 Å². The summed E-state index contributed by atoms with van der Waals surface area (Å²) in [5, 5.41) is 12.2. The molecule has 3 atom stereocenters. The Morgan fingerprint density at radius 3 is 2.56 bits per heavy atom. The molecule has 3 unspecified atom stereocenters. The van der Waals surface area contributed by atoms with E-state index in [1.54, 1.807) is 4.68 Å². The monoisotopic (exact) mass is 365 g/mol. The van der Waals surface area contributed by atoms with Crippen molar-refractivity contribution in [3.05, 3.63) is 5.82 Å². The van der Waals surface area contributed by atoms with Gasteiger partial charge in [-0.15, -0.1) is 10.2 Å². The van der Waals surface area contributed by atoms with Gasteiger partial charge in [0.2, 0.25) is 11.1 Å². The van der Waals surface area contributed by atoms with E-state index in [0.717, 1.165) is 25.1 Å². The summed E-state index contributed by atoms with van der Waals surface area (Å²) in [4.78, 5) is 12.6. The molecule has 1 amide bonds. The smallest absolute Gasteiger partial charge is 0.233 e. The number of nitrogen functional groups attached to an aromatic ring is 1. The Labute approximate surface area is 154 Å². The second kappa shape index (κ2) is 8.43. The van der Waals surface area contributed by atoms with Gasteiger partial charge < -0.3 is 11.2 Å². The van der Waals surface area contributed by atoms with E-state index in [9.17, 15) is 4.79 Å². The van der Waals surface area contributed by atoms with E-state index in [4.69, 9.17) is 5.84 Å². The van der Waals surface area contributed by atoms with Crippen molar-refractivity contribution in [2.24, 2.45) is 5.92 Å². The third-order valence-electron chi connectivity index (χ3n) is 5.75. The van der Waals surface area contributed by atoms with Gasteiger partial charge in [-0.3, -0.25) is 4.79 Å². The maximum Gasteiger partial charge on any atom is 0.233 e. The lowest BCUT2D eigenvalue weighted by Crippen LogP contribution is -2.44. The van der Waals surface area contributed by atoms with Crippen molar-refractivity contribution in [1.82, 2.24) is 20.2 Å². The third-order valence-corrected chi connectivity index (χ3v) is 6.81. The van der Waals surface area contributed by atoms with Gasteiger partial charge in [-0.1, -0.05) is 50.8 Å². The highest BCUT2D eigenvalue weighted by Crippen LogP contribution is 2.33. The van der Waals surface area contributed by atoms with E-state index in [-0.39, 0.29) is 11.2 Å². The van der Waals surface area contributed by atoms with Crippen LogP contribution in [0.15, 0.2) is 5.16 Å². The summed E-state index contributed by atoms with van der Waals surface area (Å²) in [6, 6.07) is 0.304. The van der Waals surface area contributed by atoms with Crippen LogP contribution in [-0.4, -0.2) is 32.1 Å². The molecule has 0 bridgehead atoms. The molecule has 140 valence electrons. The first-order chi connectivity index (χ1) is 12.1. The molecular weight excluding hydrogens is 334 g/mol. The molecule has 2 fully saturated rings. The van der Waals surface area contributed by atoms with Crippen LogP contribution in [-0.2, 0) is 4.79 Å². The van der Waals surface area contributed by atoms with Crippen LogP contribution in [0.5, 0.6) is 0 Å². The fourth-order valence-electron chi connectivity index (χ4n) is 4.05. The summed E-state index contributed by atoms with van der Waals surface area (Å²) in [6.07, 6.45) is 10.8. The molecule has 0 saturated heterocycles. The summed E-state index contributed by atoms with van der Waals surface area (Å²) < 4.78 is 1.60. The second-order valence-electron chi connectivity index (χ2n) is 7.68. The van der Waals surface area contributed by atoms with Crippen molar-refractivity contribution in [2.75, 3.05) is 5.84 Å². The highest BCUT2D eigenvalue weighted by molar-refractivity contribution is 8.00. The molecule has 2 aliphatic carbocycles. The van der Waals surface area contributed by atoms with E-state index >= 15 is 0 Å². The fraction of sp³-hybridized carbons (Fsp3) is 0.833. The van der Waals surface area contributed by atoms with E-state index in [1.165, 1.54) is 50.3 Å². The van der Waals surface area contributed by atoms with Gasteiger partial charge in [-0.25, -0.2) is 4.68 Å². The summed E-state index contributed by atoms with van der Waals surface area (Å²) >= 11 is 1.41. The zero-order valence-electron chi connectivity index (χ0n) is 15.4. The number of rotatable bonds is 5. The number of hydrogen-bond donors (Lipinski definition) is 2. The van der Waals surface area contributed by atoms with Gasteiger partial charge in [0.25, 0.3) is 0 Å². The Hall–Kier alpha value is -1.24. The van der Waals surface area contributed by atoms with Crippen molar-refractivity contribution >= 4 is 17.7 Å². The summed E-state index contributed by atoms with van der Waals surface area (Å²) in [5.74, 6) is 8.15. The summed E-state index contributed by atoms with van der Waals surface area (Å²) in [5.41, 5.74) is 0. The van der Waals surface area contributed by atoms with Crippen LogP contribution < -0.4 is 11.2 Å². The molecule has 0 radical (unpaired) electrons. The Balaban J connectivity index is 1.57. The van der Waals surface area contributed by atoms with Gasteiger partial charge in [0.1, 0.15) is 0 Å². The van der Waals surface area contributed by atoms with E-state index in [0.29, 0.717) is 23.0 Å². The van der Waals surface area contributed by atoms with Crippen LogP contribution in [0.4, 0.5) is 0 Å². The van der Waals surface area contributed by atoms with Crippen molar-refractivity contribution in [2.45, 2.75) is 94.0 Å². The van der Waals surface area contributed by atoms with Crippen molar-refractivity contribution in [3.8, 4) is 0 Å². The molecule has 1 aromatic rings. The van der Waals surface area contributed by atoms with E-state index in [1.807, 2.05) is 6.92 Å². The number of nitrogens with one attached hydrogen (secondary N) is 1. The van der Waals surface area contributed by atoms with Crippen LogP contribution in [0.1, 0.15) is 83.4 Å². The molecule has 0 spiro atoms. The second-order valence-corrected chi connectivity index (χ2v) is 8.99. The van der Waals surface area contributed by atoms with Crippen LogP contribution in [0, 0.1) is 5.92 Å². The minimum Gasteiger partial charge on any atom is -0.352 e.